The maximum absolute atomic E-state index is 10.1. The van der Waals surface area contributed by atoms with E-state index in [1.807, 2.05) is 55.8 Å². The minimum Gasteiger partial charge on any atom is -0.393 e. The molecule has 3 rings (SSSR count). The van der Waals surface area contributed by atoms with Gasteiger partial charge >= 0.3 is 0 Å². The average Bonchev–Trinajstić information content (AvgIpc) is 2.86. The monoisotopic (exact) mass is 473 g/mol. The Morgan fingerprint density at radius 3 is 2.80 bits per heavy atom. The van der Waals surface area contributed by atoms with Gasteiger partial charge < -0.3 is 15.3 Å². The molecule has 6 heteroatoms. The number of anilines is 1. The molecule has 0 spiro atoms. The lowest BCUT2D eigenvalue weighted by Gasteiger charge is -2.26. The number of rotatable bonds is 10. The molecular weight excluding hydrogens is 434 g/mol. The normalized spacial score (nSPS) is 19.1. The molecule has 1 aliphatic carbocycles. The van der Waals surface area contributed by atoms with Crippen LogP contribution in [0.5, 0.6) is 0 Å². The summed E-state index contributed by atoms with van der Waals surface area (Å²) >= 11 is 0. The first-order valence-corrected chi connectivity index (χ1v) is 12.5. The lowest BCUT2D eigenvalue weighted by atomic mass is 9.87. The van der Waals surface area contributed by atoms with Gasteiger partial charge in [0.15, 0.2) is 5.82 Å². The summed E-state index contributed by atoms with van der Waals surface area (Å²) in [6.45, 7) is 6.86. The number of hydrogen-bond donors (Lipinski definition) is 2. The van der Waals surface area contributed by atoms with Gasteiger partial charge in [0, 0.05) is 63.0 Å². The van der Waals surface area contributed by atoms with Crippen LogP contribution >= 0.6 is 0 Å². The molecule has 0 amide bonds. The van der Waals surface area contributed by atoms with Crippen LogP contribution in [0, 0.1) is 5.92 Å². The minimum absolute atomic E-state index is 0.198. The van der Waals surface area contributed by atoms with Crippen molar-refractivity contribution in [3.63, 3.8) is 0 Å². The van der Waals surface area contributed by atoms with Gasteiger partial charge in [-0.1, -0.05) is 50.3 Å². The molecule has 0 saturated heterocycles. The molecule has 35 heavy (non-hydrogen) atoms. The molecule has 2 aromatic rings. The van der Waals surface area contributed by atoms with Gasteiger partial charge in [0.05, 0.1) is 6.10 Å². The van der Waals surface area contributed by atoms with Crippen LogP contribution in [0.3, 0.4) is 0 Å². The predicted octanol–water partition coefficient (Wildman–Crippen LogP) is 5.69. The molecule has 1 heterocycles. The Morgan fingerprint density at radius 1 is 1.29 bits per heavy atom. The van der Waals surface area contributed by atoms with Crippen LogP contribution in [0.25, 0.3) is 22.5 Å². The topological polar surface area (TPSA) is 73.6 Å². The quantitative estimate of drug-likeness (QED) is 0.343. The van der Waals surface area contributed by atoms with Crippen LogP contribution in [0.1, 0.15) is 50.2 Å². The Labute approximate surface area is 210 Å². The number of aliphatic hydroxyl groups excluding tert-OH is 1. The molecular formula is C29H39N5O. The summed E-state index contributed by atoms with van der Waals surface area (Å²) in [7, 11) is 5.78. The van der Waals surface area contributed by atoms with Crippen LogP contribution in [-0.2, 0) is 0 Å². The lowest BCUT2D eigenvalue weighted by Crippen LogP contribution is -2.25. The highest BCUT2D eigenvalue weighted by Crippen LogP contribution is 2.29. The van der Waals surface area contributed by atoms with Gasteiger partial charge in [0.25, 0.3) is 0 Å². The van der Waals surface area contributed by atoms with Crippen LogP contribution in [0.15, 0.2) is 60.4 Å². The standard InChI is InChI=1S/C29H39N5O/c1-6-10-25(18-30-3)27-19-32-28(33-29(27)31-17-21-11-8-14-26(35)15-21)24-13-9-12-23(16-24)22(7-2)20-34(4)5/h7,9-10,12-13,16,18-21,26,35H,2,6,8,11,14-15,17H2,1,3-5H3,(H,31,32,33)/b22-20+,25-10+,30-18-. The molecule has 186 valence electrons. The Hall–Kier alpha value is -3.25. The molecule has 1 fully saturated rings. The first-order chi connectivity index (χ1) is 16.9. The number of nitrogens with one attached hydrogen (secondary N) is 1. The second-order valence-electron chi connectivity index (χ2n) is 9.31. The van der Waals surface area contributed by atoms with Crippen LogP contribution in [0.4, 0.5) is 5.82 Å². The summed E-state index contributed by atoms with van der Waals surface area (Å²) in [6.07, 6.45) is 14.4. The number of hydrogen-bond acceptors (Lipinski definition) is 6. The van der Waals surface area contributed by atoms with Crippen molar-refractivity contribution in [1.82, 2.24) is 14.9 Å². The summed E-state index contributed by atoms with van der Waals surface area (Å²) in [5.74, 6) is 1.89. The molecule has 1 aromatic carbocycles. The molecule has 2 N–H and O–H groups in total. The van der Waals surface area contributed by atoms with Crippen molar-refractivity contribution < 1.29 is 5.11 Å². The first kappa shape index (κ1) is 26.4. The van der Waals surface area contributed by atoms with Gasteiger partial charge in [-0.05, 0) is 48.8 Å². The van der Waals surface area contributed by atoms with E-state index in [-0.39, 0.29) is 6.10 Å². The Balaban J connectivity index is 1.99. The number of benzene rings is 1. The van der Waals surface area contributed by atoms with Crippen molar-refractivity contribution in [1.29, 1.82) is 0 Å². The lowest BCUT2D eigenvalue weighted by molar-refractivity contribution is 0.104. The van der Waals surface area contributed by atoms with Gasteiger partial charge in [0.2, 0.25) is 0 Å². The van der Waals surface area contributed by atoms with E-state index in [0.29, 0.717) is 11.7 Å². The third-order valence-corrected chi connectivity index (χ3v) is 6.18. The van der Waals surface area contributed by atoms with Crippen molar-refractivity contribution in [3.8, 4) is 11.4 Å². The van der Waals surface area contributed by atoms with Crippen LogP contribution in [0.2, 0.25) is 0 Å². The zero-order chi connectivity index (χ0) is 25.2. The molecule has 0 radical (unpaired) electrons. The molecule has 2 atom stereocenters. The van der Waals surface area contributed by atoms with E-state index in [1.54, 1.807) is 7.05 Å². The highest BCUT2D eigenvalue weighted by molar-refractivity contribution is 6.11. The maximum Gasteiger partial charge on any atom is 0.161 e. The van der Waals surface area contributed by atoms with E-state index in [4.69, 9.17) is 9.97 Å². The molecule has 0 aliphatic heterocycles. The van der Waals surface area contributed by atoms with Crippen LogP contribution < -0.4 is 5.32 Å². The summed E-state index contributed by atoms with van der Waals surface area (Å²) in [5.41, 5.74) is 4.99. The summed E-state index contributed by atoms with van der Waals surface area (Å²) in [6, 6.07) is 8.23. The number of aliphatic hydroxyl groups is 1. The zero-order valence-corrected chi connectivity index (χ0v) is 21.5. The van der Waals surface area contributed by atoms with Crippen molar-refractivity contribution in [2.75, 3.05) is 33.0 Å². The highest BCUT2D eigenvalue weighted by atomic mass is 16.3. The van der Waals surface area contributed by atoms with Crippen molar-refractivity contribution in [2.24, 2.45) is 10.9 Å². The minimum atomic E-state index is -0.198. The third-order valence-electron chi connectivity index (χ3n) is 6.18. The molecule has 0 bridgehead atoms. The van der Waals surface area contributed by atoms with Crippen LogP contribution in [-0.4, -0.2) is 60.0 Å². The Kier molecular flexibility index (Phi) is 9.79. The van der Waals surface area contributed by atoms with Gasteiger partial charge in [-0.25, -0.2) is 9.97 Å². The maximum atomic E-state index is 10.1. The fraction of sp³-hybridized carbons (Fsp3) is 0.414. The number of nitrogens with zero attached hydrogens (tertiary/aromatic N) is 4. The fourth-order valence-corrected chi connectivity index (χ4v) is 4.51. The van der Waals surface area contributed by atoms with E-state index in [0.717, 1.165) is 72.3 Å². The molecule has 6 nitrogen and oxygen atoms in total. The second-order valence-corrected chi connectivity index (χ2v) is 9.31. The van der Waals surface area contributed by atoms with Gasteiger partial charge in [-0.15, -0.1) is 0 Å². The highest BCUT2D eigenvalue weighted by Gasteiger charge is 2.21. The largest absolute Gasteiger partial charge is 0.393 e. The first-order valence-electron chi connectivity index (χ1n) is 12.5. The zero-order valence-electron chi connectivity index (χ0n) is 21.5. The van der Waals surface area contributed by atoms with Crippen molar-refractivity contribution >= 4 is 23.2 Å². The summed E-state index contributed by atoms with van der Waals surface area (Å²) in [5, 5.41) is 13.7. The Morgan fingerprint density at radius 2 is 2.11 bits per heavy atom. The SMILES string of the molecule is C=C/C(=C\N(C)C)c1cccc(-c2ncc(C(/C=N\C)=C/CC)c(NCC3CCCC(O)C3)n2)c1. The molecule has 1 aliphatic rings. The molecule has 1 saturated carbocycles. The van der Waals surface area contributed by atoms with Gasteiger partial charge in [-0.2, -0.15) is 0 Å². The van der Waals surface area contributed by atoms with Crippen molar-refractivity contribution in [3.05, 3.63) is 66.5 Å². The second kappa shape index (κ2) is 13.0. The third kappa shape index (κ3) is 7.36. The van der Waals surface area contributed by atoms with Crippen molar-refractivity contribution in [2.45, 2.75) is 45.1 Å². The van der Waals surface area contributed by atoms with E-state index >= 15 is 0 Å². The van der Waals surface area contributed by atoms with Gasteiger partial charge in [0.1, 0.15) is 5.82 Å². The van der Waals surface area contributed by atoms with E-state index < -0.39 is 0 Å². The summed E-state index contributed by atoms with van der Waals surface area (Å²) < 4.78 is 0. The molecule has 1 aromatic heterocycles. The summed E-state index contributed by atoms with van der Waals surface area (Å²) in [4.78, 5) is 16.0. The smallest absolute Gasteiger partial charge is 0.161 e. The average molecular weight is 474 g/mol. The fourth-order valence-electron chi connectivity index (χ4n) is 4.51. The number of aliphatic imine (C=N–C) groups is 1. The predicted molar refractivity (Wildman–Crippen MR) is 148 cm³/mol. The van der Waals surface area contributed by atoms with E-state index in [9.17, 15) is 5.11 Å². The van der Waals surface area contributed by atoms with Gasteiger partial charge in [-0.3, -0.25) is 4.99 Å². The van der Waals surface area contributed by atoms with E-state index in [2.05, 4.69) is 42.0 Å². The number of aromatic nitrogens is 2. The van der Waals surface area contributed by atoms with E-state index in [1.165, 1.54) is 0 Å². The Bertz CT molecular complexity index is 1090. The molecule has 2 unspecified atom stereocenters. The number of allylic oxidation sites excluding steroid dienone is 4.